The maximum absolute atomic E-state index is 10.7. The number of alkyl halides is 3. The molecule has 0 aliphatic carbocycles. The molecule has 0 saturated carbocycles. The molecular formula is C18H36F3NO3S. The van der Waals surface area contributed by atoms with E-state index in [0.717, 1.165) is 5.92 Å². The van der Waals surface area contributed by atoms with Crippen molar-refractivity contribution in [3.8, 4) is 0 Å². The molecule has 0 aromatic heterocycles. The van der Waals surface area contributed by atoms with Gasteiger partial charge in [0.15, 0.2) is 10.1 Å². The van der Waals surface area contributed by atoms with Gasteiger partial charge in [-0.05, 0) is 31.6 Å². The first kappa shape index (κ1) is 25.7. The molecule has 1 fully saturated rings. The van der Waals surface area contributed by atoms with Crippen LogP contribution in [0.3, 0.4) is 0 Å². The zero-order valence-electron chi connectivity index (χ0n) is 16.2. The number of unbranched alkanes of at least 4 members (excludes halogenated alkanes) is 8. The minimum atomic E-state index is -6.09. The van der Waals surface area contributed by atoms with Crippen LogP contribution in [0.1, 0.15) is 84.5 Å². The molecule has 1 rings (SSSR count). The quantitative estimate of drug-likeness (QED) is 0.342. The van der Waals surface area contributed by atoms with Gasteiger partial charge in [0.05, 0.1) is 19.6 Å². The molecule has 26 heavy (non-hydrogen) atoms. The van der Waals surface area contributed by atoms with Gasteiger partial charge in [0.25, 0.3) is 0 Å². The van der Waals surface area contributed by atoms with E-state index in [4.69, 9.17) is 13.0 Å². The maximum atomic E-state index is 10.7. The molecule has 1 saturated heterocycles. The summed E-state index contributed by atoms with van der Waals surface area (Å²) in [5.74, 6) is 0.997. The maximum Gasteiger partial charge on any atom is 0.485 e. The van der Waals surface area contributed by atoms with Gasteiger partial charge in [0.2, 0.25) is 0 Å². The van der Waals surface area contributed by atoms with Crippen LogP contribution >= 0.6 is 0 Å². The molecule has 0 radical (unpaired) electrons. The smallest absolute Gasteiger partial charge is 0.485 e. The van der Waals surface area contributed by atoms with Crippen molar-refractivity contribution in [2.45, 2.75) is 90.0 Å². The molecule has 0 spiro atoms. The third kappa shape index (κ3) is 13.8. The van der Waals surface area contributed by atoms with Gasteiger partial charge in [-0.15, -0.1) is 0 Å². The van der Waals surface area contributed by atoms with E-state index in [9.17, 15) is 13.2 Å². The van der Waals surface area contributed by atoms with Crippen molar-refractivity contribution in [3.05, 3.63) is 0 Å². The second kappa shape index (κ2) is 13.8. The van der Waals surface area contributed by atoms with E-state index in [2.05, 4.69) is 13.8 Å². The molecule has 1 heterocycles. The number of quaternary nitrogens is 1. The standard InChI is InChI=1S/C17H35N.CHF3O3S/c1-3-4-5-6-7-8-9-10-11-14-18-15-12-17(2)13-16-18;2-1(3,4)8(5,6)7/h17H,3-16H2,1-2H3;(H,5,6,7). The highest BCUT2D eigenvalue weighted by atomic mass is 32.2. The Bertz CT molecular complexity index is 433. The van der Waals surface area contributed by atoms with E-state index in [0.29, 0.717) is 0 Å². The van der Waals surface area contributed by atoms with Crippen molar-refractivity contribution in [2.75, 3.05) is 19.6 Å². The van der Waals surface area contributed by atoms with Gasteiger partial charge in [-0.3, -0.25) is 0 Å². The number of nitrogens with one attached hydrogen (secondary N) is 1. The number of hydrogen-bond acceptors (Lipinski definition) is 3. The summed E-state index contributed by atoms with van der Waals surface area (Å²) in [6, 6.07) is 0. The van der Waals surface area contributed by atoms with Gasteiger partial charge >= 0.3 is 5.51 Å². The van der Waals surface area contributed by atoms with Gasteiger partial charge < -0.3 is 9.45 Å². The Morgan fingerprint density at radius 3 is 1.69 bits per heavy atom. The van der Waals surface area contributed by atoms with E-state index in [1.807, 2.05) is 4.90 Å². The Morgan fingerprint density at radius 2 is 1.31 bits per heavy atom. The SMILES string of the molecule is CCCCCCCCCCC[NH+]1CCC(C)CC1.O=S(=O)([O-])C(F)(F)F. The van der Waals surface area contributed by atoms with Gasteiger partial charge in [-0.1, -0.05) is 58.8 Å². The lowest BCUT2D eigenvalue weighted by atomic mass is 9.99. The molecule has 8 heteroatoms. The summed E-state index contributed by atoms with van der Waals surface area (Å²) >= 11 is 0. The Hall–Kier alpha value is -0.340. The van der Waals surface area contributed by atoms with Crippen LogP contribution in [0.5, 0.6) is 0 Å². The topological polar surface area (TPSA) is 61.6 Å². The third-order valence-electron chi connectivity index (χ3n) is 4.90. The molecule has 0 bridgehead atoms. The van der Waals surface area contributed by atoms with Crippen LogP contribution < -0.4 is 4.90 Å². The van der Waals surface area contributed by atoms with Crippen molar-refractivity contribution in [1.29, 1.82) is 0 Å². The zero-order chi connectivity index (χ0) is 20.1. The predicted octanol–water partition coefficient (Wildman–Crippen LogP) is 3.88. The van der Waals surface area contributed by atoms with Crippen LogP contribution in [0.15, 0.2) is 0 Å². The molecule has 0 unspecified atom stereocenters. The van der Waals surface area contributed by atoms with Crippen LogP contribution in [0.4, 0.5) is 13.2 Å². The van der Waals surface area contributed by atoms with Gasteiger partial charge in [0.1, 0.15) is 0 Å². The first-order chi connectivity index (χ1) is 12.1. The van der Waals surface area contributed by atoms with E-state index in [1.54, 1.807) is 0 Å². The highest BCUT2D eigenvalue weighted by molar-refractivity contribution is 7.86. The molecule has 158 valence electrons. The highest BCUT2D eigenvalue weighted by Crippen LogP contribution is 2.20. The fourth-order valence-corrected chi connectivity index (χ4v) is 3.11. The number of piperidine rings is 1. The predicted molar refractivity (Wildman–Crippen MR) is 96.9 cm³/mol. The summed E-state index contributed by atoms with van der Waals surface area (Å²) in [6.45, 7) is 9.04. The molecule has 1 aliphatic heterocycles. The molecule has 4 nitrogen and oxygen atoms in total. The van der Waals surface area contributed by atoms with Crippen molar-refractivity contribution in [3.63, 3.8) is 0 Å². The summed E-state index contributed by atoms with van der Waals surface area (Å²) < 4.78 is 58.9. The molecule has 0 amide bonds. The van der Waals surface area contributed by atoms with E-state index in [-0.39, 0.29) is 0 Å². The largest absolute Gasteiger partial charge is 0.741 e. The van der Waals surface area contributed by atoms with E-state index in [1.165, 1.54) is 90.3 Å². The fraction of sp³-hybridized carbons (Fsp3) is 1.00. The van der Waals surface area contributed by atoms with Crippen molar-refractivity contribution in [1.82, 2.24) is 0 Å². The Kier molecular flexibility index (Phi) is 13.6. The lowest BCUT2D eigenvalue weighted by Gasteiger charge is -2.27. The van der Waals surface area contributed by atoms with E-state index < -0.39 is 15.6 Å². The van der Waals surface area contributed by atoms with Crippen LogP contribution in [0.25, 0.3) is 0 Å². The molecular weight excluding hydrogens is 367 g/mol. The van der Waals surface area contributed by atoms with Crippen molar-refractivity contribution >= 4 is 10.1 Å². The number of rotatable bonds is 10. The molecule has 1 aliphatic rings. The van der Waals surface area contributed by atoms with Gasteiger partial charge in [-0.2, -0.15) is 13.2 Å². The first-order valence-corrected chi connectivity index (χ1v) is 11.3. The number of likely N-dealkylation sites (tertiary alicyclic amines) is 1. The molecule has 0 atom stereocenters. The lowest BCUT2D eigenvalue weighted by Crippen LogP contribution is -3.13. The summed E-state index contributed by atoms with van der Waals surface area (Å²) in [4.78, 5) is 1.89. The summed E-state index contributed by atoms with van der Waals surface area (Å²) in [7, 11) is -6.09. The van der Waals surface area contributed by atoms with Crippen LogP contribution in [0.2, 0.25) is 0 Å². The monoisotopic (exact) mass is 403 g/mol. The number of halogens is 3. The number of hydrogen-bond donors (Lipinski definition) is 1. The minimum Gasteiger partial charge on any atom is -0.741 e. The average molecular weight is 404 g/mol. The minimum absolute atomic E-state index is 0.997. The van der Waals surface area contributed by atoms with E-state index >= 15 is 0 Å². The Labute approximate surface area is 157 Å². The second-order valence-electron chi connectivity index (χ2n) is 7.41. The average Bonchev–Trinajstić information content (AvgIpc) is 2.54. The van der Waals surface area contributed by atoms with Gasteiger partial charge in [-0.25, -0.2) is 8.42 Å². The summed E-state index contributed by atoms with van der Waals surface area (Å²) in [5, 5.41) is 0. The van der Waals surface area contributed by atoms with Crippen LogP contribution in [-0.4, -0.2) is 38.1 Å². The fourth-order valence-electron chi connectivity index (χ4n) is 3.11. The molecule has 0 aromatic rings. The molecule has 1 N–H and O–H groups in total. The van der Waals surface area contributed by atoms with Crippen LogP contribution in [-0.2, 0) is 10.1 Å². The van der Waals surface area contributed by atoms with Crippen molar-refractivity contribution < 1.29 is 31.0 Å². The van der Waals surface area contributed by atoms with Gasteiger partial charge in [0, 0.05) is 0 Å². The Morgan fingerprint density at radius 1 is 0.923 bits per heavy atom. The lowest BCUT2D eigenvalue weighted by molar-refractivity contribution is -0.906. The highest BCUT2D eigenvalue weighted by Gasteiger charge is 2.36. The molecule has 0 aromatic carbocycles. The normalized spacial score (nSPS) is 21.2. The zero-order valence-corrected chi connectivity index (χ0v) is 17.1. The first-order valence-electron chi connectivity index (χ1n) is 9.93. The Balaban J connectivity index is 0.000000660. The summed E-state index contributed by atoms with van der Waals surface area (Å²) in [6.07, 6.45) is 16.1. The second-order valence-corrected chi connectivity index (χ2v) is 8.78. The van der Waals surface area contributed by atoms with Crippen LogP contribution in [0, 0.1) is 5.92 Å². The third-order valence-corrected chi connectivity index (χ3v) is 5.47. The van der Waals surface area contributed by atoms with Crippen molar-refractivity contribution in [2.24, 2.45) is 5.92 Å². The summed E-state index contributed by atoms with van der Waals surface area (Å²) in [5.41, 5.74) is -5.65.